The van der Waals surface area contributed by atoms with E-state index in [4.69, 9.17) is 0 Å². The highest BCUT2D eigenvalue weighted by atomic mass is 32.2. The number of nitrogens with zero attached hydrogens (tertiary/aromatic N) is 1. The van der Waals surface area contributed by atoms with Crippen LogP contribution in [0.15, 0.2) is 60.1 Å². The Hall–Kier alpha value is -2.11. The van der Waals surface area contributed by atoms with Gasteiger partial charge in [-0.1, -0.05) is 12.1 Å². The van der Waals surface area contributed by atoms with Gasteiger partial charge in [0.25, 0.3) is 5.91 Å². The molecule has 1 heterocycles. The average Bonchev–Trinajstić information content (AvgIpc) is 3.11. The van der Waals surface area contributed by atoms with Crippen LogP contribution in [-0.2, 0) is 5.75 Å². The van der Waals surface area contributed by atoms with E-state index < -0.39 is 0 Å². The molecule has 1 amide bonds. The van der Waals surface area contributed by atoms with Crippen molar-refractivity contribution in [1.82, 2.24) is 4.98 Å². The minimum Gasteiger partial charge on any atom is -0.322 e. The molecule has 0 bridgehead atoms. The number of benzene rings is 2. The Labute approximate surface area is 143 Å². The molecule has 0 fully saturated rings. The van der Waals surface area contributed by atoms with Crippen molar-refractivity contribution in [2.75, 3.05) is 11.6 Å². The van der Waals surface area contributed by atoms with Gasteiger partial charge in [-0.2, -0.15) is 11.8 Å². The van der Waals surface area contributed by atoms with E-state index in [9.17, 15) is 4.79 Å². The third-order valence-electron chi connectivity index (χ3n) is 3.35. The highest BCUT2D eigenvalue weighted by Crippen LogP contribution is 2.23. The summed E-state index contributed by atoms with van der Waals surface area (Å²) < 4.78 is 0. The van der Waals surface area contributed by atoms with Gasteiger partial charge in [-0.05, 0) is 48.2 Å². The van der Waals surface area contributed by atoms with Gasteiger partial charge in [-0.25, -0.2) is 4.98 Å². The van der Waals surface area contributed by atoms with Crippen molar-refractivity contribution in [1.29, 1.82) is 0 Å². The molecule has 116 valence electrons. The summed E-state index contributed by atoms with van der Waals surface area (Å²) in [5.41, 5.74) is 3.73. The van der Waals surface area contributed by atoms with E-state index in [1.54, 1.807) is 29.3 Å². The first-order valence-electron chi connectivity index (χ1n) is 7.15. The molecule has 0 aliphatic heterocycles. The van der Waals surface area contributed by atoms with Crippen LogP contribution in [0.4, 0.5) is 5.69 Å². The smallest absolute Gasteiger partial charge is 0.255 e. The van der Waals surface area contributed by atoms with Crippen molar-refractivity contribution >= 4 is 34.7 Å². The van der Waals surface area contributed by atoms with Gasteiger partial charge < -0.3 is 5.32 Å². The Balaban J connectivity index is 1.67. The highest BCUT2D eigenvalue weighted by Gasteiger charge is 2.07. The lowest BCUT2D eigenvalue weighted by molar-refractivity contribution is 0.102. The van der Waals surface area contributed by atoms with E-state index in [0.717, 1.165) is 22.0 Å². The summed E-state index contributed by atoms with van der Waals surface area (Å²) in [6.45, 7) is 0. The molecule has 3 rings (SSSR count). The molecule has 1 aromatic heterocycles. The van der Waals surface area contributed by atoms with Gasteiger partial charge >= 0.3 is 0 Å². The maximum Gasteiger partial charge on any atom is 0.255 e. The highest BCUT2D eigenvalue weighted by molar-refractivity contribution is 7.97. The molecule has 0 radical (unpaired) electrons. The molecule has 0 saturated heterocycles. The van der Waals surface area contributed by atoms with Crippen molar-refractivity contribution in [3.8, 4) is 10.6 Å². The Bertz CT molecular complexity index is 766. The van der Waals surface area contributed by atoms with E-state index in [0.29, 0.717) is 5.56 Å². The van der Waals surface area contributed by atoms with Gasteiger partial charge in [0.2, 0.25) is 0 Å². The van der Waals surface area contributed by atoms with Crippen molar-refractivity contribution in [2.45, 2.75) is 5.75 Å². The topological polar surface area (TPSA) is 42.0 Å². The van der Waals surface area contributed by atoms with Gasteiger partial charge in [0, 0.05) is 34.1 Å². The van der Waals surface area contributed by atoms with Crippen LogP contribution in [0.2, 0.25) is 0 Å². The summed E-state index contributed by atoms with van der Waals surface area (Å²) in [7, 11) is 0. The van der Waals surface area contributed by atoms with Crippen LogP contribution in [0.1, 0.15) is 15.9 Å². The predicted octanol–water partition coefficient (Wildman–Crippen LogP) is 4.93. The zero-order chi connectivity index (χ0) is 16.1. The Morgan fingerprint density at radius 2 is 1.87 bits per heavy atom. The zero-order valence-electron chi connectivity index (χ0n) is 12.7. The van der Waals surface area contributed by atoms with Crippen LogP contribution >= 0.6 is 23.1 Å². The van der Waals surface area contributed by atoms with Gasteiger partial charge in [0.15, 0.2) is 0 Å². The quantitative estimate of drug-likeness (QED) is 0.716. The van der Waals surface area contributed by atoms with Crippen LogP contribution < -0.4 is 5.32 Å². The molecule has 2 aromatic carbocycles. The number of hydrogen-bond donors (Lipinski definition) is 1. The first-order valence-corrected chi connectivity index (χ1v) is 9.43. The summed E-state index contributed by atoms with van der Waals surface area (Å²) >= 11 is 3.36. The first-order chi connectivity index (χ1) is 11.3. The molecule has 3 aromatic rings. The molecule has 5 heteroatoms. The van der Waals surface area contributed by atoms with E-state index in [-0.39, 0.29) is 5.91 Å². The summed E-state index contributed by atoms with van der Waals surface area (Å²) in [5, 5.41) is 5.85. The number of amides is 1. The Kier molecular flexibility index (Phi) is 5.10. The fourth-order valence-electron chi connectivity index (χ4n) is 2.18. The number of carbonyl (C=O) groups is 1. The number of nitrogens with one attached hydrogen (secondary N) is 1. The summed E-state index contributed by atoms with van der Waals surface area (Å²) in [6, 6.07) is 15.5. The van der Waals surface area contributed by atoms with Gasteiger partial charge in [0.05, 0.1) is 0 Å². The van der Waals surface area contributed by atoms with E-state index in [1.165, 1.54) is 5.56 Å². The largest absolute Gasteiger partial charge is 0.322 e. The molecule has 0 saturated carbocycles. The maximum absolute atomic E-state index is 12.3. The molecule has 3 nitrogen and oxygen atoms in total. The van der Waals surface area contributed by atoms with Crippen LogP contribution in [0, 0.1) is 0 Å². The summed E-state index contributed by atoms with van der Waals surface area (Å²) in [4.78, 5) is 16.5. The number of anilines is 1. The van der Waals surface area contributed by atoms with Crippen LogP contribution in [0.5, 0.6) is 0 Å². The predicted molar refractivity (Wildman–Crippen MR) is 99.2 cm³/mol. The van der Waals surface area contributed by atoms with E-state index in [2.05, 4.69) is 16.6 Å². The second-order valence-corrected chi connectivity index (χ2v) is 6.76. The van der Waals surface area contributed by atoms with Crippen LogP contribution in [0.25, 0.3) is 10.6 Å². The second kappa shape index (κ2) is 7.44. The molecule has 0 unspecified atom stereocenters. The lowest BCUT2D eigenvalue weighted by atomic mass is 10.1. The number of thioether (sulfide) groups is 1. The Morgan fingerprint density at radius 1 is 1.13 bits per heavy atom. The molecule has 0 spiro atoms. The van der Waals surface area contributed by atoms with Crippen LogP contribution in [-0.4, -0.2) is 17.1 Å². The summed E-state index contributed by atoms with van der Waals surface area (Å²) in [5.74, 6) is 0.864. The minimum absolute atomic E-state index is 0.0947. The van der Waals surface area contributed by atoms with Gasteiger partial charge in [0.1, 0.15) is 5.01 Å². The third kappa shape index (κ3) is 4.00. The molecular formula is C18H16N2OS2. The fraction of sp³-hybridized carbons (Fsp3) is 0.111. The lowest BCUT2D eigenvalue weighted by Gasteiger charge is -2.07. The van der Waals surface area contributed by atoms with E-state index >= 15 is 0 Å². The fourth-order valence-corrected chi connectivity index (χ4v) is 3.35. The third-order valence-corrected chi connectivity index (χ3v) is 4.79. The van der Waals surface area contributed by atoms with Crippen molar-refractivity contribution < 1.29 is 4.79 Å². The number of aromatic nitrogens is 1. The molecule has 0 aliphatic carbocycles. The number of carbonyl (C=O) groups excluding carboxylic acids is 1. The Morgan fingerprint density at radius 3 is 2.48 bits per heavy atom. The minimum atomic E-state index is -0.0947. The second-order valence-electron chi connectivity index (χ2n) is 5.00. The van der Waals surface area contributed by atoms with Crippen molar-refractivity contribution in [3.05, 3.63) is 71.2 Å². The normalized spacial score (nSPS) is 10.5. The molecular weight excluding hydrogens is 324 g/mol. The van der Waals surface area contributed by atoms with Crippen LogP contribution in [0.3, 0.4) is 0 Å². The van der Waals surface area contributed by atoms with Crippen molar-refractivity contribution in [3.63, 3.8) is 0 Å². The molecule has 0 aliphatic rings. The number of rotatable bonds is 5. The van der Waals surface area contributed by atoms with Crippen molar-refractivity contribution in [2.24, 2.45) is 0 Å². The molecule has 1 N–H and O–H groups in total. The number of thiazole rings is 1. The molecule has 23 heavy (non-hydrogen) atoms. The zero-order valence-corrected chi connectivity index (χ0v) is 14.3. The lowest BCUT2D eigenvalue weighted by Crippen LogP contribution is -2.11. The number of hydrogen-bond acceptors (Lipinski definition) is 4. The average molecular weight is 340 g/mol. The standard InChI is InChI=1S/C18H16N2OS2/c1-22-12-13-2-4-14(5-3-13)17(21)20-16-8-6-15(7-9-16)18-19-10-11-23-18/h2-11H,12H2,1H3,(H,20,21). The van der Waals surface area contributed by atoms with Gasteiger partial charge in [-0.15, -0.1) is 11.3 Å². The maximum atomic E-state index is 12.3. The first kappa shape index (κ1) is 15.8. The summed E-state index contributed by atoms with van der Waals surface area (Å²) in [6.07, 6.45) is 3.85. The van der Waals surface area contributed by atoms with E-state index in [1.807, 2.05) is 53.9 Å². The molecule has 0 atom stereocenters. The monoisotopic (exact) mass is 340 g/mol. The SMILES string of the molecule is CSCc1ccc(C(=O)Nc2ccc(-c3nccs3)cc2)cc1. The van der Waals surface area contributed by atoms with Gasteiger partial charge in [-0.3, -0.25) is 4.79 Å².